The van der Waals surface area contributed by atoms with Crippen molar-refractivity contribution in [3.8, 4) is 0 Å². The Morgan fingerprint density at radius 1 is 1.44 bits per heavy atom. The Kier molecular flexibility index (Phi) is 2.95. The van der Waals surface area contributed by atoms with E-state index in [1.54, 1.807) is 0 Å². The number of aromatic amines is 1. The summed E-state index contributed by atoms with van der Waals surface area (Å²) in [5.74, 6) is -0.000417. The van der Waals surface area contributed by atoms with Crippen molar-refractivity contribution in [3.63, 3.8) is 0 Å². The van der Waals surface area contributed by atoms with Crippen LogP contribution in [0.3, 0.4) is 0 Å². The number of hydrogen-bond acceptors (Lipinski definition) is 1. The fourth-order valence-corrected chi connectivity index (χ4v) is 1.69. The van der Waals surface area contributed by atoms with E-state index in [1.807, 2.05) is 37.4 Å². The first-order chi connectivity index (χ1) is 7.72. The van der Waals surface area contributed by atoms with Gasteiger partial charge in [-0.2, -0.15) is 0 Å². The smallest absolute Gasteiger partial charge is 0.252 e. The summed E-state index contributed by atoms with van der Waals surface area (Å²) >= 11 is 0. The summed E-state index contributed by atoms with van der Waals surface area (Å²) in [7, 11) is 0. The summed E-state index contributed by atoms with van der Waals surface area (Å²) in [5.41, 5.74) is 1.73. The summed E-state index contributed by atoms with van der Waals surface area (Å²) in [6.07, 6.45) is 2.79. The van der Waals surface area contributed by atoms with Gasteiger partial charge in [0, 0.05) is 28.7 Å². The number of fused-ring (bicyclic) bond motifs is 1. The second-order valence-corrected chi connectivity index (χ2v) is 4.03. The van der Waals surface area contributed by atoms with Gasteiger partial charge in [-0.1, -0.05) is 13.0 Å². The Labute approximate surface area is 94.9 Å². The average Bonchev–Trinajstić information content (AvgIpc) is 2.76. The van der Waals surface area contributed by atoms with Gasteiger partial charge in [0.15, 0.2) is 0 Å². The molecule has 0 aliphatic heterocycles. The van der Waals surface area contributed by atoms with Crippen LogP contribution in [-0.2, 0) is 0 Å². The minimum Gasteiger partial charge on any atom is -0.361 e. The molecule has 0 fully saturated rings. The van der Waals surface area contributed by atoms with Gasteiger partial charge >= 0.3 is 0 Å². The Morgan fingerprint density at radius 3 is 3.00 bits per heavy atom. The summed E-state index contributed by atoms with van der Waals surface area (Å²) in [4.78, 5) is 15.1. The standard InChI is InChI=1S/C13H16N2O/c1-3-9(2)15-13(16)11-5-4-6-12-10(11)7-8-14-12/h4-9,14H,3H2,1-2H3,(H,15,16). The van der Waals surface area contributed by atoms with E-state index in [1.165, 1.54) is 0 Å². The van der Waals surface area contributed by atoms with Crippen molar-refractivity contribution in [2.24, 2.45) is 0 Å². The molecule has 0 saturated carbocycles. The number of benzene rings is 1. The van der Waals surface area contributed by atoms with Crippen LogP contribution in [0, 0.1) is 0 Å². The van der Waals surface area contributed by atoms with Crippen LogP contribution < -0.4 is 5.32 Å². The first-order valence-corrected chi connectivity index (χ1v) is 5.59. The van der Waals surface area contributed by atoms with E-state index in [2.05, 4.69) is 17.2 Å². The number of rotatable bonds is 3. The Morgan fingerprint density at radius 2 is 2.25 bits per heavy atom. The van der Waals surface area contributed by atoms with Gasteiger partial charge in [-0.05, 0) is 31.5 Å². The molecule has 1 amide bonds. The second-order valence-electron chi connectivity index (χ2n) is 4.03. The van der Waals surface area contributed by atoms with Crippen LogP contribution in [-0.4, -0.2) is 16.9 Å². The molecule has 0 aliphatic carbocycles. The second kappa shape index (κ2) is 4.39. The Balaban J connectivity index is 2.32. The van der Waals surface area contributed by atoms with Crippen molar-refractivity contribution in [3.05, 3.63) is 36.0 Å². The molecule has 1 aromatic heterocycles. The van der Waals surface area contributed by atoms with Crippen LogP contribution in [0.5, 0.6) is 0 Å². The molecule has 0 radical (unpaired) electrons. The average molecular weight is 216 g/mol. The van der Waals surface area contributed by atoms with E-state index in [9.17, 15) is 4.79 Å². The van der Waals surface area contributed by atoms with Crippen molar-refractivity contribution >= 4 is 16.8 Å². The van der Waals surface area contributed by atoms with Crippen molar-refractivity contribution in [1.82, 2.24) is 10.3 Å². The fourth-order valence-electron chi connectivity index (χ4n) is 1.69. The third-order valence-electron chi connectivity index (χ3n) is 2.83. The van der Waals surface area contributed by atoms with Crippen LogP contribution in [0.15, 0.2) is 30.5 Å². The first-order valence-electron chi connectivity index (χ1n) is 5.59. The molecule has 1 aromatic carbocycles. The zero-order chi connectivity index (χ0) is 11.5. The monoisotopic (exact) mass is 216 g/mol. The van der Waals surface area contributed by atoms with Crippen LogP contribution in [0.25, 0.3) is 10.9 Å². The maximum Gasteiger partial charge on any atom is 0.252 e. The van der Waals surface area contributed by atoms with Gasteiger partial charge in [0.05, 0.1) is 0 Å². The van der Waals surface area contributed by atoms with Crippen LogP contribution >= 0.6 is 0 Å². The lowest BCUT2D eigenvalue weighted by Gasteiger charge is -2.11. The molecule has 1 heterocycles. The molecular weight excluding hydrogens is 200 g/mol. The molecule has 3 heteroatoms. The summed E-state index contributed by atoms with van der Waals surface area (Å²) in [6.45, 7) is 4.07. The Hall–Kier alpha value is -1.77. The normalized spacial score (nSPS) is 12.6. The van der Waals surface area contributed by atoms with Crippen LogP contribution in [0.1, 0.15) is 30.6 Å². The molecule has 0 spiro atoms. The fraction of sp³-hybridized carbons (Fsp3) is 0.308. The number of hydrogen-bond donors (Lipinski definition) is 2. The summed E-state index contributed by atoms with van der Waals surface area (Å²) < 4.78 is 0. The quantitative estimate of drug-likeness (QED) is 0.814. The van der Waals surface area contributed by atoms with E-state index in [4.69, 9.17) is 0 Å². The highest BCUT2D eigenvalue weighted by Gasteiger charge is 2.11. The van der Waals surface area contributed by atoms with E-state index in [0.717, 1.165) is 22.9 Å². The van der Waals surface area contributed by atoms with E-state index < -0.39 is 0 Å². The molecule has 0 bridgehead atoms. The highest BCUT2D eigenvalue weighted by atomic mass is 16.1. The number of amides is 1. The van der Waals surface area contributed by atoms with Crippen molar-refractivity contribution in [1.29, 1.82) is 0 Å². The predicted molar refractivity (Wildman–Crippen MR) is 65.5 cm³/mol. The zero-order valence-corrected chi connectivity index (χ0v) is 9.58. The Bertz CT molecular complexity index is 501. The van der Waals surface area contributed by atoms with Gasteiger partial charge in [0.1, 0.15) is 0 Å². The SMILES string of the molecule is CCC(C)NC(=O)c1cccc2[nH]ccc12. The lowest BCUT2D eigenvalue weighted by Crippen LogP contribution is -2.31. The number of carbonyl (C=O) groups is 1. The molecule has 2 aromatic rings. The molecule has 2 rings (SSSR count). The largest absolute Gasteiger partial charge is 0.361 e. The zero-order valence-electron chi connectivity index (χ0n) is 9.58. The minimum absolute atomic E-state index is 0.000417. The minimum atomic E-state index is -0.000417. The van der Waals surface area contributed by atoms with Gasteiger partial charge in [-0.15, -0.1) is 0 Å². The maximum atomic E-state index is 12.0. The molecule has 16 heavy (non-hydrogen) atoms. The molecule has 1 unspecified atom stereocenters. The molecule has 0 aliphatic rings. The molecule has 84 valence electrons. The third kappa shape index (κ3) is 1.94. The van der Waals surface area contributed by atoms with E-state index >= 15 is 0 Å². The van der Waals surface area contributed by atoms with Crippen molar-refractivity contribution < 1.29 is 4.79 Å². The van der Waals surface area contributed by atoms with Gasteiger partial charge in [0.2, 0.25) is 0 Å². The van der Waals surface area contributed by atoms with Gasteiger partial charge in [0.25, 0.3) is 5.91 Å². The number of nitrogens with one attached hydrogen (secondary N) is 2. The van der Waals surface area contributed by atoms with Crippen LogP contribution in [0.2, 0.25) is 0 Å². The van der Waals surface area contributed by atoms with Gasteiger partial charge in [-0.3, -0.25) is 4.79 Å². The summed E-state index contributed by atoms with van der Waals surface area (Å²) in [6, 6.07) is 7.86. The molecule has 0 saturated heterocycles. The highest BCUT2D eigenvalue weighted by molar-refractivity contribution is 6.06. The summed E-state index contributed by atoms with van der Waals surface area (Å²) in [5, 5.41) is 3.95. The maximum absolute atomic E-state index is 12.0. The van der Waals surface area contributed by atoms with E-state index in [-0.39, 0.29) is 11.9 Å². The van der Waals surface area contributed by atoms with E-state index in [0.29, 0.717) is 0 Å². The number of H-pyrrole nitrogens is 1. The topological polar surface area (TPSA) is 44.9 Å². The lowest BCUT2D eigenvalue weighted by atomic mass is 10.1. The molecule has 2 N–H and O–H groups in total. The van der Waals surface area contributed by atoms with Gasteiger partial charge < -0.3 is 10.3 Å². The van der Waals surface area contributed by atoms with Crippen LogP contribution in [0.4, 0.5) is 0 Å². The lowest BCUT2D eigenvalue weighted by molar-refractivity contribution is 0.0941. The predicted octanol–water partition coefficient (Wildman–Crippen LogP) is 2.70. The molecule has 3 nitrogen and oxygen atoms in total. The van der Waals surface area contributed by atoms with Crippen molar-refractivity contribution in [2.75, 3.05) is 0 Å². The number of carbonyl (C=O) groups excluding carboxylic acids is 1. The first kappa shape index (κ1) is 10.7. The molecule has 1 atom stereocenters. The van der Waals surface area contributed by atoms with Crippen molar-refractivity contribution in [2.45, 2.75) is 26.3 Å². The molecular formula is C13H16N2O. The van der Waals surface area contributed by atoms with Gasteiger partial charge in [-0.25, -0.2) is 0 Å². The highest BCUT2D eigenvalue weighted by Crippen LogP contribution is 2.17. The third-order valence-corrected chi connectivity index (χ3v) is 2.83. The number of aromatic nitrogens is 1.